The molecule has 19 heavy (non-hydrogen) atoms. The van der Waals surface area contributed by atoms with Gasteiger partial charge in [0.15, 0.2) is 17.3 Å². The zero-order valence-electron chi connectivity index (χ0n) is 10.2. The first-order valence-electron chi connectivity index (χ1n) is 5.83. The Balaban J connectivity index is 2.06. The smallest absolute Gasteiger partial charge is 0.195 e. The van der Waals surface area contributed by atoms with Gasteiger partial charge in [-0.25, -0.2) is 0 Å². The van der Waals surface area contributed by atoms with Crippen molar-refractivity contribution in [2.45, 2.75) is 6.92 Å². The van der Waals surface area contributed by atoms with E-state index in [0.29, 0.717) is 40.9 Å². The predicted octanol–water partition coefficient (Wildman–Crippen LogP) is 3.71. The second-order valence-electron chi connectivity index (χ2n) is 4.27. The molecule has 1 aliphatic rings. The van der Waals surface area contributed by atoms with E-state index in [1.54, 1.807) is 12.1 Å². The molecule has 3 nitrogen and oxygen atoms in total. The molecule has 0 atom stereocenters. The number of carbonyl (C=O) groups is 1. The van der Waals surface area contributed by atoms with Crippen molar-refractivity contribution in [1.29, 1.82) is 0 Å². The van der Waals surface area contributed by atoms with Crippen LogP contribution in [0, 0.1) is 6.92 Å². The standard InChI is InChI=1S/C14H11ClO3S/c1-8-6-19-7-10(8)14(16)9-4-12-13(5-11(9)15)18-3-2-17-12/h4-7H,2-3H2,1H3. The van der Waals surface area contributed by atoms with Gasteiger partial charge in [-0.2, -0.15) is 11.3 Å². The molecule has 0 spiro atoms. The van der Waals surface area contributed by atoms with E-state index in [1.807, 2.05) is 17.7 Å². The molecule has 5 heteroatoms. The summed E-state index contributed by atoms with van der Waals surface area (Å²) >= 11 is 7.68. The number of halogens is 1. The third-order valence-corrected chi connectivity index (χ3v) is 4.15. The molecule has 0 fully saturated rings. The topological polar surface area (TPSA) is 35.5 Å². The number of fused-ring (bicyclic) bond motifs is 1. The van der Waals surface area contributed by atoms with Crippen LogP contribution in [0.4, 0.5) is 0 Å². The minimum atomic E-state index is -0.0827. The van der Waals surface area contributed by atoms with E-state index >= 15 is 0 Å². The molecule has 1 aromatic heterocycles. The molecule has 2 aromatic rings. The molecule has 0 N–H and O–H groups in total. The summed E-state index contributed by atoms with van der Waals surface area (Å²) in [6.45, 7) is 2.90. The fourth-order valence-corrected chi connectivity index (χ4v) is 3.04. The zero-order chi connectivity index (χ0) is 13.4. The molecule has 2 heterocycles. The normalized spacial score (nSPS) is 13.4. The van der Waals surface area contributed by atoms with Crippen molar-refractivity contribution in [3.63, 3.8) is 0 Å². The third-order valence-electron chi connectivity index (χ3n) is 2.98. The van der Waals surface area contributed by atoms with Gasteiger partial charge in [0.25, 0.3) is 0 Å². The molecule has 0 aliphatic carbocycles. The average molecular weight is 295 g/mol. The van der Waals surface area contributed by atoms with Crippen LogP contribution in [0.15, 0.2) is 22.9 Å². The minimum Gasteiger partial charge on any atom is -0.486 e. The molecule has 1 aromatic carbocycles. The number of hydrogen-bond donors (Lipinski definition) is 0. The largest absolute Gasteiger partial charge is 0.486 e. The van der Waals surface area contributed by atoms with Gasteiger partial charge in [0.05, 0.1) is 5.02 Å². The zero-order valence-corrected chi connectivity index (χ0v) is 11.8. The van der Waals surface area contributed by atoms with Gasteiger partial charge in [-0.1, -0.05) is 11.6 Å². The molecule has 0 amide bonds. The van der Waals surface area contributed by atoms with Gasteiger partial charge < -0.3 is 9.47 Å². The van der Waals surface area contributed by atoms with Crippen LogP contribution in [0.5, 0.6) is 11.5 Å². The SMILES string of the molecule is Cc1cscc1C(=O)c1cc2c(cc1Cl)OCCO2. The van der Waals surface area contributed by atoms with Crippen molar-refractivity contribution >= 4 is 28.7 Å². The quantitative estimate of drug-likeness (QED) is 0.792. The Morgan fingerprint density at radius 2 is 1.84 bits per heavy atom. The highest BCUT2D eigenvalue weighted by atomic mass is 35.5. The lowest BCUT2D eigenvalue weighted by Gasteiger charge is -2.19. The summed E-state index contributed by atoms with van der Waals surface area (Å²) in [6, 6.07) is 3.31. The van der Waals surface area contributed by atoms with Gasteiger partial charge >= 0.3 is 0 Å². The molecule has 0 radical (unpaired) electrons. The maximum Gasteiger partial charge on any atom is 0.195 e. The molecule has 98 valence electrons. The molecule has 0 unspecified atom stereocenters. The lowest BCUT2D eigenvalue weighted by atomic mass is 10.0. The Hall–Kier alpha value is -1.52. The highest BCUT2D eigenvalue weighted by Crippen LogP contribution is 2.36. The van der Waals surface area contributed by atoms with Crippen LogP contribution < -0.4 is 9.47 Å². The van der Waals surface area contributed by atoms with Crippen LogP contribution >= 0.6 is 22.9 Å². The van der Waals surface area contributed by atoms with E-state index in [0.717, 1.165) is 5.56 Å². The van der Waals surface area contributed by atoms with Gasteiger partial charge in [-0.15, -0.1) is 0 Å². The lowest BCUT2D eigenvalue weighted by molar-refractivity contribution is 0.103. The van der Waals surface area contributed by atoms with E-state index < -0.39 is 0 Å². The van der Waals surface area contributed by atoms with Crippen LogP contribution in [-0.2, 0) is 0 Å². The summed E-state index contributed by atoms with van der Waals surface area (Å²) in [5.41, 5.74) is 2.09. The number of thiophene rings is 1. The van der Waals surface area contributed by atoms with Crippen molar-refractivity contribution in [1.82, 2.24) is 0 Å². The molecule has 0 saturated heterocycles. The Morgan fingerprint density at radius 3 is 2.47 bits per heavy atom. The van der Waals surface area contributed by atoms with E-state index in [9.17, 15) is 4.79 Å². The van der Waals surface area contributed by atoms with Crippen molar-refractivity contribution in [3.05, 3.63) is 44.6 Å². The summed E-state index contributed by atoms with van der Waals surface area (Å²) in [7, 11) is 0. The Morgan fingerprint density at radius 1 is 1.16 bits per heavy atom. The van der Waals surface area contributed by atoms with E-state index in [4.69, 9.17) is 21.1 Å². The van der Waals surface area contributed by atoms with Gasteiger partial charge in [0.1, 0.15) is 13.2 Å². The molecule has 3 rings (SSSR count). The summed E-state index contributed by atoms with van der Waals surface area (Å²) < 4.78 is 10.9. The van der Waals surface area contributed by atoms with Crippen molar-refractivity contribution < 1.29 is 14.3 Å². The monoisotopic (exact) mass is 294 g/mol. The summed E-state index contributed by atoms with van der Waals surface area (Å²) in [4.78, 5) is 12.5. The number of hydrogen-bond acceptors (Lipinski definition) is 4. The highest BCUT2D eigenvalue weighted by Gasteiger charge is 2.21. The fourth-order valence-electron chi connectivity index (χ4n) is 1.98. The Kier molecular flexibility index (Phi) is 3.21. The van der Waals surface area contributed by atoms with Gasteiger partial charge in [0.2, 0.25) is 0 Å². The number of aryl methyl sites for hydroxylation is 1. The highest BCUT2D eigenvalue weighted by molar-refractivity contribution is 7.08. The summed E-state index contributed by atoms with van der Waals surface area (Å²) in [5.74, 6) is 1.09. The van der Waals surface area contributed by atoms with E-state index in [1.165, 1.54) is 11.3 Å². The second-order valence-corrected chi connectivity index (χ2v) is 5.42. The number of benzene rings is 1. The van der Waals surface area contributed by atoms with Crippen molar-refractivity contribution in [2.24, 2.45) is 0 Å². The van der Waals surface area contributed by atoms with E-state index in [2.05, 4.69) is 0 Å². The van der Waals surface area contributed by atoms with Crippen molar-refractivity contribution in [3.8, 4) is 11.5 Å². The maximum absolute atomic E-state index is 12.5. The molecule has 0 saturated carbocycles. The Labute approximate surface area is 119 Å². The minimum absolute atomic E-state index is 0.0827. The first-order valence-corrected chi connectivity index (χ1v) is 7.15. The van der Waals surface area contributed by atoms with Gasteiger partial charge in [-0.05, 0) is 23.9 Å². The molecular weight excluding hydrogens is 284 g/mol. The van der Waals surface area contributed by atoms with Crippen molar-refractivity contribution in [2.75, 3.05) is 13.2 Å². The number of ketones is 1. The van der Waals surface area contributed by atoms with Crippen LogP contribution in [-0.4, -0.2) is 19.0 Å². The van der Waals surface area contributed by atoms with Gasteiger partial charge in [-0.3, -0.25) is 4.79 Å². The summed E-state index contributed by atoms with van der Waals surface area (Å²) in [6.07, 6.45) is 0. The molecular formula is C14H11ClO3S. The fraction of sp³-hybridized carbons (Fsp3) is 0.214. The predicted molar refractivity (Wildman–Crippen MR) is 74.9 cm³/mol. The first-order chi connectivity index (χ1) is 9.16. The van der Waals surface area contributed by atoms with Crippen LogP contribution in [0.2, 0.25) is 5.02 Å². The van der Waals surface area contributed by atoms with Crippen LogP contribution in [0.3, 0.4) is 0 Å². The first kappa shape index (κ1) is 12.5. The van der Waals surface area contributed by atoms with Gasteiger partial charge in [0, 0.05) is 22.6 Å². The van der Waals surface area contributed by atoms with E-state index in [-0.39, 0.29) is 5.78 Å². The second kappa shape index (κ2) is 4.87. The van der Waals surface area contributed by atoms with Crippen LogP contribution in [0.25, 0.3) is 0 Å². The number of rotatable bonds is 2. The number of carbonyl (C=O) groups excluding carboxylic acids is 1. The van der Waals surface area contributed by atoms with Crippen LogP contribution in [0.1, 0.15) is 21.5 Å². The molecule has 0 bridgehead atoms. The average Bonchev–Trinajstić information content (AvgIpc) is 2.83. The Bertz CT molecular complexity index is 648. The maximum atomic E-state index is 12.5. The molecule has 1 aliphatic heterocycles. The summed E-state index contributed by atoms with van der Waals surface area (Å²) in [5, 5.41) is 4.17. The third kappa shape index (κ3) is 2.22. The lowest BCUT2D eigenvalue weighted by Crippen LogP contribution is -2.16. The number of ether oxygens (including phenoxy) is 2.